The second-order valence-corrected chi connectivity index (χ2v) is 5.54. The van der Waals surface area contributed by atoms with E-state index in [0.717, 1.165) is 19.5 Å². The van der Waals surface area contributed by atoms with E-state index in [-0.39, 0.29) is 11.9 Å². The molecule has 0 radical (unpaired) electrons. The Balaban J connectivity index is 1.57. The van der Waals surface area contributed by atoms with E-state index in [0.29, 0.717) is 11.5 Å². The Morgan fingerprint density at radius 3 is 2.62 bits per heavy atom. The average Bonchev–Trinajstić information content (AvgIpc) is 2.44. The lowest BCUT2D eigenvalue weighted by Gasteiger charge is -2.39. The molecule has 1 aromatic heterocycles. The first-order valence-electron chi connectivity index (χ1n) is 7.05. The molecule has 3 rings (SSSR count). The maximum atomic E-state index is 12.2. The summed E-state index contributed by atoms with van der Waals surface area (Å²) < 4.78 is 0. The van der Waals surface area contributed by atoms with Crippen LogP contribution in [0.2, 0.25) is 0 Å². The lowest BCUT2D eigenvalue weighted by molar-refractivity contribution is 0.0500. The zero-order chi connectivity index (χ0) is 14.8. The minimum Gasteiger partial charge on any atom is -0.368 e. The number of nitrogens with two attached hydrogens (primary N) is 1. The molecular weight excluding hydrogens is 264 g/mol. The third kappa shape index (κ3) is 2.86. The van der Waals surface area contributed by atoms with E-state index >= 15 is 0 Å². The zero-order valence-corrected chi connectivity index (χ0v) is 12.0. The molecule has 0 saturated carbocycles. The van der Waals surface area contributed by atoms with Gasteiger partial charge in [0.1, 0.15) is 0 Å². The number of amides is 1. The Labute approximate surface area is 123 Å². The summed E-state index contributed by atoms with van der Waals surface area (Å²) in [5.74, 6) is 0.702. The summed E-state index contributed by atoms with van der Waals surface area (Å²) >= 11 is 0. The number of benzene rings is 1. The highest BCUT2D eigenvalue weighted by Crippen LogP contribution is 2.23. The van der Waals surface area contributed by atoms with Crippen molar-refractivity contribution in [1.29, 1.82) is 0 Å². The van der Waals surface area contributed by atoms with Gasteiger partial charge in [-0.05, 0) is 30.4 Å². The van der Waals surface area contributed by atoms with Gasteiger partial charge in [0.25, 0.3) is 5.91 Å². The zero-order valence-electron chi connectivity index (χ0n) is 12.0. The van der Waals surface area contributed by atoms with Crippen LogP contribution in [0.3, 0.4) is 0 Å². The van der Waals surface area contributed by atoms with Gasteiger partial charge < -0.3 is 10.6 Å². The summed E-state index contributed by atoms with van der Waals surface area (Å²) in [6, 6.07) is 8.41. The molecule has 1 fully saturated rings. The molecule has 1 amide bonds. The van der Waals surface area contributed by atoms with Crippen LogP contribution in [0.4, 0.5) is 5.95 Å². The van der Waals surface area contributed by atoms with Crippen molar-refractivity contribution in [2.45, 2.75) is 13.3 Å². The number of carbonyl (C=O) groups excluding carboxylic acids is 1. The van der Waals surface area contributed by atoms with Crippen molar-refractivity contribution in [1.82, 2.24) is 14.9 Å². The van der Waals surface area contributed by atoms with E-state index in [1.54, 1.807) is 0 Å². The van der Waals surface area contributed by atoms with Gasteiger partial charge in [-0.3, -0.25) is 4.79 Å². The maximum absolute atomic E-state index is 12.2. The third-order valence-electron chi connectivity index (χ3n) is 3.93. The van der Waals surface area contributed by atoms with Crippen molar-refractivity contribution in [3.63, 3.8) is 0 Å². The van der Waals surface area contributed by atoms with Crippen molar-refractivity contribution in [3.8, 4) is 0 Å². The van der Waals surface area contributed by atoms with Crippen molar-refractivity contribution < 1.29 is 4.79 Å². The molecular formula is C16H18N4O. The number of nitrogen functional groups attached to an aromatic ring is 1. The van der Waals surface area contributed by atoms with Crippen molar-refractivity contribution in [3.05, 3.63) is 53.3 Å². The molecule has 1 saturated heterocycles. The first kappa shape index (κ1) is 13.5. The van der Waals surface area contributed by atoms with Gasteiger partial charge in [-0.2, -0.15) is 0 Å². The van der Waals surface area contributed by atoms with Crippen LogP contribution in [0.15, 0.2) is 36.7 Å². The molecule has 0 bridgehead atoms. The van der Waals surface area contributed by atoms with Gasteiger partial charge in [0.05, 0.1) is 5.56 Å². The lowest BCUT2D eigenvalue weighted by atomic mass is 9.90. The number of aryl methyl sites for hydroxylation is 1. The SMILES string of the molecule is Cc1ccccc1CC1CN(C(=O)c2cnc(N)nc2)C1. The summed E-state index contributed by atoms with van der Waals surface area (Å²) in [7, 11) is 0. The van der Waals surface area contributed by atoms with E-state index < -0.39 is 0 Å². The fourth-order valence-electron chi connectivity index (χ4n) is 2.65. The van der Waals surface area contributed by atoms with E-state index in [1.165, 1.54) is 23.5 Å². The van der Waals surface area contributed by atoms with Gasteiger partial charge >= 0.3 is 0 Å². The standard InChI is InChI=1S/C16H18N4O/c1-11-4-2-3-5-13(11)6-12-9-20(10-12)15(21)14-7-18-16(17)19-8-14/h2-5,7-8,12H,6,9-10H2,1H3,(H2,17,18,19). The van der Waals surface area contributed by atoms with Crippen molar-refractivity contribution in [2.24, 2.45) is 5.92 Å². The second-order valence-electron chi connectivity index (χ2n) is 5.54. The highest BCUT2D eigenvalue weighted by Gasteiger charge is 2.31. The largest absolute Gasteiger partial charge is 0.368 e. The normalized spacial score (nSPS) is 14.8. The third-order valence-corrected chi connectivity index (χ3v) is 3.93. The van der Waals surface area contributed by atoms with Crippen LogP contribution >= 0.6 is 0 Å². The Bertz CT molecular complexity index is 648. The predicted octanol–water partition coefficient (Wildman–Crippen LogP) is 1.68. The Morgan fingerprint density at radius 2 is 1.95 bits per heavy atom. The highest BCUT2D eigenvalue weighted by atomic mass is 16.2. The van der Waals surface area contributed by atoms with Gasteiger partial charge in [0, 0.05) is 25.5 Å². The van der Waals surface area contributed by atoms with Crippen LogP contribution in [-0.4, -0.2) is 33.9 Å². The molecule has 0 aliphatic carbocycles. The second kappa shape index (κ2) is 5.52. The molecule has 1 aliphatic heterocycles. The molecule has 0 unspecified atom stereocenters. The van der Waals surface area contributed by atoms with E-state index in [9.17, 15) is 4.79 Å². The Morgan fingerprint density at radius 1 is 1.29 bits per heavy atom. The van der Waals surface area contributed by atoms with Gasteiger partial charge in [-0.25, -0.2) is 9.97 Å². The number of likely N-dealkylation sites (tertiary alicyclic amines) is 1. The van der Waals surface area contributed by atoms with E-state index in [1.807, 2.05) is 4.90 Å². The van der Waals surface area contributed by atoms with Gasteiger partial charge in [-0.1, -0.05) is 24.3 Å². The molecule has 0 spiro atoms. The average molecular weight is 282 g/mol. The van der Waals surface area contributed by atoms with Crippen molar-refractivity contribution in [2.75, 3.05) is 18.8 Å². The van der Waals surface area contributed by atoms with Crippen LogP contribution in [0.5, 0.6) is 0 Å². The number of nitrogens with zero attached hydrogens (tertiary/aromatic N) is 3. The minimum atomic E-state index is -0.0176. The molecule has 2 heterocycles. The van der Waals surface area contributed by atoms with Gasteiger partial charge in [0.2, 0.25) is 5.95 Å². The smallest absolute Gasteiger partial charge is 0.257 e. The summed E-state index contributed by atoms with van der Waals surface area (Å²) in [5, 5.41) is 0. The fraction of sp³-hybridized carbons (Fsp3) is 0.312. The summed E-state index contributed by atoms with van der Waals surface area (Å²) in [4.78, 5) is 21.8. The number of anilines is 1. The number of carbonyl (C=O) groups is 1. The molecule has 1 aliphatic rings. The molecule has 0 atom stereocenters. The summed E-state index contributed by atoms with van der Waals surface area (Å²) in [6.07, 6.45) is 3.99. The predicted molar refractivity (Wildman–Crippen MR) is 80.7 cm³/mol. The summed E-state index contributed by atoms with van der Waals surface area (Å²) in [5.41, 5.74) is 8.60. The highest BCUT2D eigenvalue weighted by molar-refractivity contribution is 5.94. The first-order chi connectivity index (χ1) is 10.1. The monoisotopic (exact) mass is 282 g/mol. The van der Waals surface area contributed by atoms with E-state index in [2.05, 4.69) is 41.2 Å². The van der Waals surface area contributed by atoms with Crippen LogP contribution in [0.25, 0.3) is 0 Å². The number of hydrogen-bond acceptors (Lipinski definition) is 4. The maximum Gasteiger partial charge on any atom is 0.257 e. The lowest BCUT2D eigenvalue weighted by Crippen LogP contribution is -2.50. The van der Waals surface area contributed by atoms with Crippen LogP contribution in [-0.2, 0) is 6.42 Å². The first-order valence-corrected chi connectivity index (χ1v) is 7.05. The quantitative estimate of drug-likeness (QED) is 0.929. The molecule has 2 aromatic rings. The number of hydrogen-bond donors (Lipinski definition) is 1. The molecule has 1 aromatic carbocycles. The van der Waals surface area contributed by atoms with Crippen molar-refractivity contribution >= 4 is 11.9 Å². The fourth-order valence-corrected chi connectivity index (χ4v) is 2.65. The number of aromatic nitrogens is 2. The van der Waals surface area contributed by atoms with Crippen LogP contribution in [0, 0.1) is 12.8 Å². The Kier molecular flexibility index (Phi) is 3.56. The van der Waals surface area contributed by atoms with Gasteiger partial charge in [0.15, 0.2) is 0 Å². The van der Waals surface area contributed by atoms with Crippen LogP contribution < -0.4 is 5.73 Å². The minimum absolute atomic E-state index is 0.0176. The Hall–Kier alpha value is -2.43. The van der Waals surface area contributed by atoms with E-state index in [4.69, 9.17) is 5.73 Å². The van der Waals surface area contributed by atoms with Crippen LogP contribution in [0.1, 0.15) is 21.5 Å². The molecule has 21 heavy (non-hydrogen) atoms. The molecule has 2 N–H and O–H groups in total. The molecule has 5 nitrogen and oxygen atoms in total. The topological polar surface area (TPSA) is 72.1 Å². The molecule has 108 valence electrons. The summed E-state index contributed by atoms with van der Waals surface area (Å²) in [6.45, 7) is 3.71. The van der Waals surface area contributed by atoms with Gasteiger partial charge in [-0.15, -0.1) is 0 Å². The molecule has 5 heteroatoms. The number of rotatable bonds is 3.